The van der Waals surface area contributed by atoms with Crippen LogP contribution in [0.25, 0.3) is 0 Å². The monoisotopic (exact) mass is 274 g/mol. The molecule has 0 bridgehead atoms. The topological polar surface area (TPSA) is 89.3 Å². The van der Waals surface area contributed by atoms with E-state index in [0.717, 1.165) is 0 Å². The SMILES string of the molecule is C=C(/C=C\C=C(/C)[N+](=O)[O-])CS(=O)(=O)NCCC. The standard InChI is InChI=1S/C11H18N2O4S/c1-4-8-12-18(16,17)9-10(2)6-5-7-11(3)13(14)15/h5-7,12H,2,4,8-9H2,1,3H3/b6-5-,11-7+. The lowest BCUT2D eigenvalue weighted by Crippen LogP contribution is -2.27. The molecule has 0 atom stereocenters. The first kappa shape index (κ1) is 16.5. The zero-order chi connectivity index (χ0) is 14.2. The summed E-state index contributed by atoms with van der Waals surface area (Å²) in [6, 6.07) is 0. The maximum Gasteiger partial charge on any atom is 0.243 e. The summed E-state index contributed by atoms with van der Waals surface area (Å²) in [6.07, 6.45) is 4.86. The Bertz CT molecular complexity index is 463. The van der Waals surface area contributed by atoms with Crippen molar-refractivity contribution >= 4 is 10.0 Å². The lowest BCUT2D eigenvalue weighted by Gasteiger charge is -2.04. The smallest absolute Gasteiger partial charge is 0.243 e. The molecule has 0 saturated heterocycles. The van der Waals surface area contributed by atoms with Gasteiger partial charge in [-0.3, -0.25) is 10.1 Å². The van der Waals surface area contributed by atoms with Gasteiger partial charge in [-0.2, -0.15) is 0 Å². The molecule has 0 saturated carbocycles. The van der Waals surface area contributed by atoms with Gasteiger partial charge in [-0.1, -0.05) is 25.7 Å². The van der Waals surface area contributed by atoms with Crippen molar-refractivity contribution in [3.8, 4) is 0 Å². The Morgan fingerprint density at radius 1 is 1.50 bits per heavy atom. The molecule has 0 aromatic rings. The molecule has 0 unspecified atom stereocenters. The van der Waals surface area contributed by atoms with E-state index in [1.165, 1.54) is 25.2 Å². The molecule has 0 aromatic heterocycles. The summed E-state index contributed by atoms with van der Waals surface area (Å²) in [5.41, 5.74) is 0.344. The number of nitrogens with one attached hydrogen (secondary N) is 1. The number of sulfonamides is 1. The van der Waals surface area contributed by atoms with E-state index in [2.05, 4.69) is 11.3 Å². The molecule has 6 nitrogen and oxygen atoms in total. The fraction of sp³-hybridized carbons (Fsp3) is 0.455. The predicted molar refractivity (Wildman–Crippen MR) is 71.1 cm³/mol. The van der Waals surface area contributed by atoms with Crippen LogP contribution < -0.4 is 4.72 Å². The van der Waals surface area contributed by atoms with Crippen LogP contribution >= 0.6 is 0 Å². The van der Waals surface area contributed by atoms with Gasteiger partial charge in [0.2, 0.25) is 15.7 Å². The van der Waals surface area contributed by atoms with Gasteiger partial charge in [0.25, 0.3) is 0 Å². The Labute approximate surface area is 107 Å². The molecule has 1 N–H and O–H groups in total. The molecule has 7 heteroatoms. The highest BCUT2D eigenvalue weighted by molar-refractivity contribution is 7.89. The summed E-state index contributed by atoms with van der Waals surface area (Å²) < 4.78 is 25.4. The molecule has 102 valence electrons. The van der Waals surface area contributed by atoms with E-state index in [0.29, 0.717) is 18.5 Å². The van der Waals surface area contributed by atoms with Gasteiger partial charge in [0.15, 0.2) is 0 Å². The van der Waals surface area contributed by atoms with Crippen LogP contribution in [0.2, 0.25) is 0 Å². The van der Waals surface area contributed by atoms with Crippen LogP contribution in [0.5, 0.6) is 0 Å². The average Bonchev–Trinajstić information content (AvgIpc) is 2.25. The Kier molecular flexibility index (Phi) is 7.14. The number of hydrogen-bond acceptors (Lipinski definition) is 4. The summed E-state index contributed by atoms with van der Waals surface area (Å²) in [5.74, 6) is -0.213. The van der Waals surface area contributed by atoms with Gasteiger partial charge in [-0.05, 0) is 12.0 Å². The molecule has 0 aliphatic carbocycles. The largest absolute Gasteiger partial charge is 0.259 e. The average molecular weight is 274 g/mol. The van der Waals surface area contributed by atoms with Crippen LogP contribution in [0, 0.1) is 10.1 Å². The molecule has 0 aliphatic rings. The Morgan fingerprint density at radius 2 is 2.11 bits per heavy atom. The van der Waals surface area contributed by atoms with Gasteiger partial charge in [0.1, 0.15) is 0 Å². The highest BCUT2D eigenvalue weighted by atomic mass is 32.2. The van der Waals surface area contributed by atoms with Gasteiger partial charge < -0.3 is 0 Å². The van der Waals surface area contributed by atoms with Crippen molar-refractivity contribution in [1.29, 1.82) is 0 Å². The zero-order valence-electron chi connectivity index (χ0n) is 10.5. The summed E-state index contributed by atoms with van der Waals surface area (Å²) in [4.78, 5) is 9.78. The van der Waals surface area contributed by atoms with Crippen LogP contribution in [0.1, 0.15) is 20.3 Å². The van der Waals surface area contributed by atoms with Crippen molar-refractivity contribution in [3.63, 3.8) is 0 Å². The Morgan fingerprint density at radius 3 is 2.61 bits per heavy atom. The highest BCUT2D eigenvalue weighted by Gasteiger charge is 2.09. The Balaban J connectivity index is 4.40. The molecule has 0 rings (SSSR count). The Hall–Kier alpha value is -1.47. The first-order valence-corrected chi connectivity index (χ1v) is 7.08. The van der Waals surface area contributed by atoms with E-state index >= 15 is 0 Å². The highest BCUT2D eigenvalue weighted by Crippen LogP contribution is 2.00. The second kappa shape index (κ2) is 7.78. The number of allylic oxidation sites excluding steroid dienone is 4. The number of hydrogen-bond donors (Lipinski definition) is 1. The van der Waals surface area contributed by atoms with Crippen molar-refractivity contribution in [2.45, 2.75) is 20.3 Å². The second-order valence-electron chi connectivity index (χ2n) is 3.74. The molecule has 0 aliphatic heterocycles. The van der Waals surface area contributed by atoms with Crippen molar-refractivity contribution in [1.82, 2.24) is 4.72 Å². The summed E-state index contributed by atoms with van der Waals surface area (Å²) in [7, 11) is -3.37. The molecule has 0 aromatic carbocycles. The van der Waals surface area contributed by atoms with E-state index in [1.54, 1.807) is 0 Å². The molecule has 0 spiro atoms. The fourth-order valence-electron chi connectivity index (χ4n) is 0.985. The van der Waals surface area contributed by atoms with E-state index in [1.807, 2.05) is 6.92 Å². The quantitative estimate of drug-likeness (QED) is 0.413. The van der Waals surface area contributed by atoms with Crippen LogP contribution in [-0.2, 0) is 10.0 Å². The third-order valence-electron chi connectivity index (χ3n) is 1.90. The maximum atomic E-state index is 11.5. The van der Waals surface area contributed by atoms with Crippen LogP contribution in [0.4, 0.5) is 0 Å². The van der Waals surface area contributed by atoms with Crippen molar-refractivity contribution in [3.05, 3.63) is 46.2 Å². The van der Waals surface area contributed by atoms with E-state index in [-0.39, 0.29) is 11.4 Å². The lowest BCUT2D eigenvalue weighted by atomic mass is 10.3. The summed E-state index contributed by atoms with van der Waals surface area (Å²) in [5, 5.41) is 10.3. The van der Waals surface area contributed by atoms with Gasteiger partial charge in [-0.25, -0.2) is 13.1 Å². The number of rotatable bonds is 8. The van der Waals surface area contributed by atoms with Crippen molar-refractivity contribution in [2.75, 3.05) is 12.3 Å². The van der Waals surface area contributed by atoms with Crippen LogP contribution in [0.15, 0.2) is 36.1 Å². The first-order chi connectivity index (χ1) is 8.28. The summed E-state index contributed by atoms with van der Waals surface area (Å²) in [6.45, 7) is 7.19. The minimum atomic E-state index is -3.37. The van der Waals surface area contributed by atoms with Crippen molar-refractivity contribution in [2.24, 2.45) is 0 Å². The zero-order valence-corrected chi connectivity index (χ0v) is 11.4. The van der Waals surface area contributed by atoms with Crippen molar-refractivity contribution < 1.29 is 13.3 Å². The summed E-state index contributed by atoms with van der Waals surface area (Å²) >= 11 is 0. The number of nitro groups is 1. The van der Waals surface area contributed by atoms with Crippen LogP contribution in [-0.4, -0.2) is 25.6 Å². The molecular formula is C11H18N2O4S. The van der Waals surface area contributed by atoms with E-state index in [4.69, 9.17) is 0 Å². The third-order valence-corrected chi connectivity index (χ3v) is 3.30. The van der Waals surface area contributed by atoms with E-state index in [9.17, 15) is 18.5 Å². The fourth-order valence-corrected chi connectivity index (χ4v) is 2.19. The van der Waals surface area contributed by atoms with Gasteiger partial charge in [0, 0.05) is 19.5 Å². The van der Waals surface area contributed by atoms with Gasteiger partial charge in [-0.15, -0.1) is 0 Å². The predicted octanol–water partition coefficient (Wildman–Crippen LogP) is 1.61. The normalized spacial score (nSPS) is 12.9. The second-order valence-corrected chi connectivity index (χ2v) is 5.54. The number of nitrogens with zero attached hydrogens (tertiary/aromatic N) is 1. The lowest BCUT2D eigenvalue weighted by molar-refractivity contribution is -0.424. The molecule has 0 heterocycles. The third kappa shape index (κ3) is 7.75. The molecular weight excluding hydrogens is 256 g/mol. The molecule has 0 fully saturated rings. The van der Waals surface area contributed by atoms with E-state index < -0.39 is 14.9 Å². The minimum Gasteiger partial charge on any atom is -0.259 e. The molecule has 0 amide bonds. The van der Waals surface area contributed by atoms with Gasteiger partial charge in [0.05, 0.1) is 10.7 Å². The van der Waals surface area contributed by atoms with Crippen LogP contribution in [0.3, 0.4) is 0 Å². The van der Waals surface area contributed by atoms with Gasteiger partial charge >= 0.3 is 0 Å². The maximum absolute atomic E-state index is 11.5. The first-order valence-electron chi connectivity index (χ1n) is 5.43. The molecule has 18 heavy (non-hydrogen) atoms. The minimum absolute atomic E-state index is 0.0222. The molecule has 0 radical (unpaired) electrons.